The number of anilines is 1. The van der Waals surface area contributed by atoms with Crippen molar-refractivity contribution in [3.05, 3.63) is 6.20 Å². The summed E-state index contributed by atoms with van der Waals surface area (Å²) in [5, 5.41) is 7.50. The molecule has 7 heteroatoms. The van der Waals surface area contributed by atoms with E-state index in [1.165, 1.54) is 0 Å². The molecule has 0 unspecified atom stereocenters. The molecule has 0 aromatic carbocycles. The highest BCUT2D eigenvalue weighted by molar-refractivity contribution is 7.91. The molecule has 0 spiro atoms. The molecule has 14 heavy (non-hydrogen) atoms. The molecule has 0 atom stereocenters. The monoisotopic (exact) mass is 216 g/mol. The van der Waals surface area contributed by atoms with Gasteiger partial charge in [0.05, 0.1) is 23.7 Å². The highest BCUT2D eigenvalue weighted by Gasteiger charge is 2.25. The number of rotatable bonds is 1. The van der Waals surface area contributed by atoms with Gasteiger partial charge >= 0.3 is 0 Å². The molecule has 0 radical (unpaired) electrons. The molecule has 0 aliphatic carbocycles. The van der Waals surface area contributed by atoms with Crippen molar-refractivity contribution in [3.63, 3.8) is 0 Å². The van der Waals surface area contributed by atoms with Crippen LogP contribution in [0.1, 0.15) is 18.9 Å². The maximum absolute atomic E-state index is 11.2. The van der Waals surface area contributed by atoms with E-state index in [-0.39, 0.29) is 17.5 Å². The summed E-state index contributed by atoms with van der Waals surface area (Å²) >= 11 is 0. The molecule has 1 aliphatic rings. The molecule has 0 saturated carbocycles. The minimum absolute atomic E-state index is 0.128. The summed E-state index contributed by atoms with van der Waals surface area (Å²) in [6.07, 6.45) is 2.85. The fourth-order valence-electron chi connectivity index (χ4n) is 1.61. The Labute approximate surface area is 82.0 Å². The summed E-state index contributed by atoms with van der Waals surface area (Å²) < 4.78 is 24.0. The largest absolute Gasteiger partial charge is 0.381 e. The van der Waals surface area contributed by atoms with Crippen LogP contribution in [0, 0.1) is 0 Å². The quantitative estimate of drug-likeness (QED) is 0.690. The summed E-state index contributed by atoms with van der Waals surface area (Å²) in [6, 6.07) is 0.128. The first-order valence-electron chi connectivity index (χ1n) is 4.44. The number of sulfone groups is 1. The SMILES string of the molecule is Nc1cn(C2CCS(=O)(=O)CC2)nn1. The van der Waals surface area contributed by atoms with Crippen LogP contribution >= 0.6 is 0 Å². The Hall–Kier alpha value is -1.11. The van der Waals surface area contributed by atoms with Gasteiger partial charge in [-0.15, -0.1) is 5.10 Å². The van der Waals surface area contributed by atoms with Gasteiger partial charge in [-0.05, 0) is 12.8 Å². The highest BCUT2D eigenvalue weighted by atomic mass is 32.2. The van der Waals surface area contributed by atoms with Gasteiger partial charge in [0.1, 0.15) is 9.84 Å². The van der Waals surface area contributed by atoms with E-state index in [9.17, 15) is 8.42 Å². The smallest absolute Gasteiger partial charge is 0.165 e. The fraction of sp³-hybridized carbons (Fsp3) is 0.714. The van der Waals surface area contributed by atoms with Crippen molar-refractivity contribution in [1.29, 1.82) is 0 Å². The molecule has 78 valence electrons. The Morgan fingerprint density at radius 1 is 1.43 bits per heavy atom. The van der Waals surface area contributed by atoms with Crippen LogP contribution in [-0.4, -0.2) is 34.9 Å². The Morgan fingerprint density at radius 2 is 2.07 bits per heavy atom. The zero-order valence-corrected chi connectivity index (χ0v) is 8.44. The molecular formula is C7H12N4O2S. The van der Waals surface area contributed by atoms with Crippen LogP contribution < -0.4 is 5.73 Å². The molecule has 1 aromatic heterocycles. The second-order valence-corrected chi connectivity index (χ2v) is 5.81. The minimum atomic E-state index is -2.81. The van der Waals surface area contributed by atoms with E-state index in [4.69, 9.17) is 5.73 Å². The molecule has 1 saturated heterocycles. The van der Waals surface area contributed by atoms with Crippen LogP contribution in [-0.2, 0) is 9.84 Å². The molecular weight excluding hydrogens is 204 g/mol. The lowest BCUT2D eigenvalue weighted by molar-refractivity contribution is 0.404. The third-order valence-corrected chi connectivity index (χ3v) is 4.14. The third-order valence-electron chi connectivity index (χ3n) is 2.43. The summed E-state index contributed by atoms with van der Waals surface area (Å²) in [7, 11) is -2.81. The topological polar surface area (TPSA) is 90.9 Å². The third kappa shape index (κ3) is 1.87. The van der Waals surface area contributed by atoms with Gasteiger partial charge in [0.25, 0.3) is 0 Å². The van der Waals surface area contributed by atoms with Gasteiger partial charge in [-0.2, -0.15) is 0 Å². The Kier molecular flexibility index (Phi) is 2.18. The normalized spacial score (nSPS) is 22.3. The van der Waals surface area contributed by atoms with E-state index in [0.717, 1.165) is 0 Å². The number of nitrogens with two attached hydrogens (primary N) is 1. The van der Waals surface area contributed by atoms with Gasteiger partial charge in [-0.1, -0.05) is 5.21 Å². The van der Waals surface area contributed by atoms with Crippen LogP contribution in [0.4, 0.5) is 5.82 Å². The molecule has 6 nitrogen and oxygen atoms in total. The fourth-order valence-corrected chi connectivity index (χ4v) is 3.08. The lowest BCUT2D eigenvalue weighted by atomic mass is 10.2. The van der Waals surface area contributed by atoms with Gasteiger partial charge in [0.2, 0.25) is 0 Å². The predicted octanol–water partition coefficient (Wildman–Crippen LogP) is -0.390. The number of hydrogen-bond acceptors (Lipinski definition) is 5. The number of nitrogen functional groups attached to an aromatic ring is 1. The van der Waals surface area contributed by atoms with E-state index in [2.05, 4.69) is 10.3 Å². The van der Waals surface area contributed by atoms with Crippen molar-refractivity contribution in [1.82, 2.24) is 15.0 Å². The highest BCUT2D eigenvalue weighted by Crippen LogP contribution is 2.22. The zero-order valence-electron chi connectivity index (χ0n) is 7.63. The van der Waals surface area contributed by atoms with Gasteiger partial charge in [0.15, 0.2) is 5.82 Å². The van der Waals surface area contributed by atoms with Crippen LogP contribution in [0.25, 0.3) is 0 Å². The van der Waals surface area contributed by atoms with Crippen molar-refractivity contribution in [2.75, 3.05) is 17.2 Å². The van der Waals surface area contributed by atoms with E-state index >= 15 is 0 Å². The average Bonchev–Trinajstić information content (AvgIpc) is 2.52. The standard InChI is InChI=1S/C7H12N4O2S/c8-7-5-11(10-9-7)6-1-3-14(12,13)4-2-6/h5-6H,1-4,8H2. The lowest BCUT2D eigenvalue weighted by Gasteiger charge is -2.21. The van der Waals surface area contributed by atoms with Crippen LogP contribution in [0.15, 0.2) is 6.20 Å². The summed E-state index contributed by atoms with van der Waals surface area (Å²) in [5.41, 5.74) is 5.43. The predicted molar refractivity (Wildman–Crippen MR) is 51.4 cm³/mol. The summed E-state index contributed by atoms with van der Waals surface area (Å²) in [6.45, 7) is 0. The number of hydrogen-bond donors (Lipinski definition) is 1. The molecule has 1 aromatic rings. The van der Waals surface area contributed by atoms with Crippen molar-refractivity contribution in [2.24, 2.45) is 0 Å². The van der Waals surface area contributed by atoms with E-state index in [0.29, 0.717) is 18.7 Å². The van der Waals surface area contributed by atoms with Crippen molar-refractivity contribution in [3.8, 4) is 0 Å². The first-order valence-corrected chi connectivity index (χ1v) is 6.27. The number of aromatic nitrogens is 3. The Balaban J connectivity index is 2.09. The van der Waals surface area contributed by atoms with E-state index in [1.54, 1.807) is 10.9 Å². The van der Waals surface area contributed by atoms with Crippen molar-refractivity contribution >= 4 is 15.7 Å². The molecule has 1 fully saturated rings. The summed E-state index contributed by atoms with van der Waals surface area (Å²) in [4.78, 5) is 0. The molecule has 0 amide bonds. The molecule has 2 rings (SSSR count). The second-order valence-electron chi connectivity index (χ2n) is 3.51. The zero-order chi connectivity index (χ0) is 10.2. The Bertz CT molecular complexity index is 411. The lowest BCUT2D eigenvalue weighted by Crippen LogP contribution is -2.25. The number of nitrogens with zero attached hydrogens (tertiary/aromatic N) is 3. The summed E-state index contributed by atoms with van der Waals surface area (Å²) in [5.74, 6) is 0.841. The maximum Gasteiger partial charge on any atom is 0.165 e. The van der Waals surface area contributed by atoms with Gasteiger partial charge in [-0.3, -0.25) is 0 Å². The molecule has 2 N–H and O–H groups in total. The maximum atomic E-state index is 11.2. The average molecular weight is 216 g/mol. The van der Waals surface area contributed by atoms with Crippen LogP contribution in [0.2, 0.25) is 0 Å². The first kappa shape index (κ1) is 9.45. The van der Waals surface area contributed by atoms with Gasteiger partial charge in [0, 0.05) is 0 Å². The van der Waals surface area contributed by atoms with Gasteiger partial charge < -0.3 is 5.73 Å². The minimum Gasteiger partial charge on any atom is -0.381 e. The first-order chi connectivity index (χ1) is 6.57. The second kappa shape index (κ2) is 3.23. The van der Waals surface area contributed by atoms with Crippen LogP contribution in [0.3, 0.4) is 0 Å². The Morgan fingerprint density at radius 3 is 2.57 bits per heavy atom. The molecule has 2 heterocycles. The molecule has 1 aliphatic heterocycles. The van der Waals surface area contributed by atoms with Crippen LogP contribution in [0.5, 0.6) is 0 Å². The van der Waals surface area contributed by atoms with E-state index < -0.39 is 9.84 Å². The van der Waals surface area contributed by atoms with Crippen molar-refractivity contribution < 1.29 is 8.42 Å². The van der Waals surface area contributed by atoms with E-state index in [1.807, 2.05) is 0 Å². The molecule has 0 bridgehead atoms. The van der Waals surface area contributed by atoms with Gasteiger partial charge in [-0.25, -0.2) is 13.1 Å². The van der Waals surface area contributed by atoms with Crippen molar-refractivity contribution in [2.45, 2.75) is 18.9 Å².